The van der Waals surface area contributed by atoms with Crippen molar-refractivity contribution in [2.75, 3.05) is 16.6 Å². The van der Waals surface area contributed by atoms with Crippen LogP contribution in [0.3, 0.4) is 0 Å². The molecule has 0 aromatic carbocycles. The van der Waals surface area contributed by atoms with Crippen molar-refractivity contribution < 1.29 is 27.1 Å². The molecular weight excluding hydrogens is 220 g/mol. The fourth-order valence-electron chi connectivity index (χ4n) is 0.596. The van der Waals surface area contributed by atoms with Crippen molar-refractivity contribution in [3.8, 4) is 0 Å². The number of aldehydes is 2. The molecule has 0 amide bonds. The van der Waals surface area contributed by atoms with Gasteiger partial charge in [-0.25, -0.2) is 8.42 Å². The van der Waals surface area contributed by atoms with Gasteiger partial charge in [-0.1, -0.05) is 0 Å². The van der Waals surface area contributed by atoms with Crippen molar-refractivity contribution >= 4 is 33.0 Å². The Hall–Kier alpha value is -0.440. The zero-order valence-electron chi connectivity index (χ0n) is 6.62. The van der Waals surface area contributed by atoms with Gasteiger partial charge in [-0.3, -0.25) is 9.11 Å². The highest BCUT2D eigenvalue weighted by molar-refractivity contribution is 8.31. The predicted molar refractivity (Wildman–Crippen MR) is 48.5 cm³/mol. The van der Waals surface area contributed by atoms with Crippen LogP contribution < -0.4 is 0 Å². The van der Waals surface area contributed by atoms with E-state index in [4.69, 9.17) is 9.11 Å². The van der Waals surface area contributed by atoms with Crippen molar-refractivity contribution in [1.29, 1.82) is 0 Å². The Kier molecular flexibility index (Phi) is 4.54. The van der Waals surface area contributed by atoms with E-state index in [9.17, 15) is 18.0 Å². The summed E-state index contributed by atoms with van der Waals surface area (Å²) in [5, 5.41) is -0.933. The van der Waals surface area contributed by atoms with Crippen LogP contribution in [-0.4, -0.2) is 46.7 Å². The van der Waals surface area contributed by atoms with E-state index in [1.807, 2.05) is 0 Å². The van der Waals surface area contributed by atoms with Gasteiger partial charge in [0.2, 0.25) is 0 Å². The maximum absolute atomic E-state index is 10.9. The van der Waals surface area contributed by atoms with E-state index in [0.717, 1.165) is 0 Å². The number of carbonyl (C=O) groups excluding carboxylic acids is 2. The van der Waals surface area contributed by atoms with Gasteiger partial charge in [0.15, 0.2) is 9.84 Å². The lowest BCUT2D eigenvalue weighted by Crippen LogP contribution is -2.19. The van der Waals surface area contributed by atoms with Crippen molar-refractivity contribution in [2.45, 2.75) is 0 Å². The maximum Gasteiger partial charge on any atom is 0.174 e. The normalized spacial score (nSPS) is 13.7. The molecule has 2 N–H and O–H groups in total. The molecule has 78 valence electrons. The number of sulfone groups is 1. The van der Waals surface area contributed by atoms with Crippen LogP contribution in [0, 0.1) is 0 Å². The third-order valence-electron chi connectivity index (χ3n) is 1.03. The van der Waals surface area contributed by atoms with Crippen LogP contribution in [0.1, 0.15) is 0 Å². The molecule has 13 heavy (non-hydrogen) atoms. The SMILES string of the molecule is O=CCS(O)(O)CS(=O)(=O)CC=O. The molecule has 8 heteroatoms. The third-order valence-corrected chi connectivity index (χ3v) is 5.29. The van der Waals surface area contributed by atoms with Crippen LogP contribution >= 0.6 is 10.6 Å². The first-order valence-electron chi connectivity index (χ1n) is 3.14. The van der Waals surface area contributed by atoms with E-state index >= 15 is 0 Å². The van der Waals surface area contributed by atoms with Crippen molar-refractivity contribution in [1.82, 2.24) is 0 Å². The zero-order chi connectivity index (χ0) is 10.5. The lowest BCUT2D eigenvalue weighted by atomic mass is 10.9. The fourth-order valence-corrected chi connectivity index (χ4v) is 4.09. The summed E-state index contributed by atoms with van der Waals surface area (Å²) in [4.78, 5) is 19.8. The second-order valence-electron chi connectivity index (χ2n) is 2.33. The van der Waals surface area contributed by atoms with E-state index in [0.29, 0.717) is 0 Å². The van der Waals surface area contributed by atoms with E-state index in [1.165, 1.54) is 0 Å². The molecule has 0 rings (SSSR count). The van der Waals surface area contributed by atoms with Crippen LogP contribution in [0.4, 0.5) is 0 Å². The lowest BCUT2D eigenvalue weighted by molar-refractivity contribution is -0.106. The Morgan fingerprint density at radius 3 is 1.85 bits per heavy atom. The van der Waals surface area contributed by atoms with Gasteiger partial charge in [0.05, 0.1) is 5.75 Å². The highest BCUT2D eigenvalue weighted by Gasteiger charge is 2.21. The van der Waals surface area contributed by atoms with Gasteiger partial charge >= 0.3 is 0 Å². The number of rotatable bonds is 6. The van der Waals surface area contributed by atoms with Crippen LogP contribution in [0.2, 0.25) is 0 Å². The second-order valence-corrected chi connectivity index (χ2v) is 7.03. The minimum Gasteiger partial charge on any atom is -0.302 e. The summed E-state index contributed by atoms with van der Waals surface area (Å²) in [6.07, 6.45) is 0.386. The first-order valence-corrected chi connectivity index (χ1v) is 6.85. The molecule has 0 unspecified atom stereocenters. The van der Waals surface area contributed by atoms with Crippen molar-refractivity contribution in [2.24, 2.45) is 0 Å². The van der Waals surface area contributed by atoms with Crippen molar-refractivity contribution in [3.05, 3.63) is 0 Å². The minimum atomic E-state index is -3.80. The van der Waals surface area contributed by atoms with Gasteiger partial charge in [-0.15, -0.1) is 0 Å². The Labute approximate surface area is 77.2 Å². The highest BCUT2D eigenvalue weighted by atomic mass is 32.3. The summed E-state index contributed by atoms with van der Waals surface area (Å²) in [7, 11) is -7.23. The fraction of sp³-hybridized carbons (Fsp3) is 0.600. The molecule has 0 saturated heterocycles. The molecule has 6 nitrogen and oxygen atoms in total. The van der Waals surface area contributed by atoms with Crippen molar-refractivity contribution in [3.63, 3.8) is 0 Å². The number of hydrogen-bond acceptors (Lipinski definition) is 6. The molecule has 0 aliphatic rings. The van der Waals surface area contributed by atoms with E-state index in [1.54, 1.807) is 0 Å². The molecule has 0 radical (unpaired) electrons. The molecule has 0 atom stereocenters. The van der Waals surface area contributed by atoms with E-state index in [2.05, 4.69) is 0 Å². The van der Waals surface area contributed by atoms with Crippen LogP contribution in [0.15, 0.2) is 0 Å². The first-order chi connectivity index (χ1) is 5.83. The molecule has 0 aliphatic heterocycles. The Morgan fingerprint density at radius 2 is 1.46 bits per heavy atom. The average Bonchev–Trinajstić information content (AvgIpc) is 1.82. The maximum atomic E-state index is 10.9. The number of hydrogen-bond donors (Lipinski definition) is 2. The standard InChI is InChI=1S/C5H10O6S2/c6-1-3-12(8,9)5-13(10,11)4-2-7/h1-2,8-9H,3-5H2. The summed E-state index contributed by atoms with van der Waals surface area (Å²) in [6, 6.07) is 0. The summed E-state index contributed by atoms with van der Waals surface area (Å²) < 4.78 is 39.7. The van der Waals surface area contributed by atoms with Crippen LogP contribution in [-0.2, 0) is 19.4 Å². The van der Waals surface area contributed by atoms with Gasteiger partial charge in [0.25, 0.3) is 0 Å². The molecule has 0 fully saturated rings. The molecule has 0 aliphatic carbocycles. The highest BCUT2D eigenvalue weighted by Crippen LogP contribution is 2.38. The molecule has 0 spiro atoms. The van der Waals surface area contributed by atoms with Gasteiger partial charge in [0.1, 0.15) is 23.4 Å². The summed E-state index contributed by atoms with van der Waals surface area (Å²) >= 11 is 0. The van der Waals surface area contributed by atoms with Gasteiger partial charge in [-0.05, 0) is 0 Å². The Bertz CT molecular complexity index is 279. The van der Waals surface area contributed by atoms with Crippen LogP contribution in [0.25, 0.3) is 0 Å². The molecule has 0 saturated carbocycles. The zero-order valence-corrected chi connectivity index (χ0v) is 8.25. The molecule has 0 bridgehead atoms. The molecular formula is C5H10O6S2. The second kappa shape index (κ2) is 4.70. The van der Waals surface area contributed by atoms with E-state index < -0.39 is 37.0 Å². The Morgan fingerprint density at radius 1 is 1.00 bits per heavy atom. The third kappa shape index (κ3) is 5.75. The van der Waals surface area contributed by atoms with Gasteiger partial charge in [0, 0.05) is 0 Å². The number of carbonyl (C=O) groups is 2. The molecule has 0 heterocycles. The quantitative estimate of drug-likeness (QED) is 0.596. The van der Waals surface area contributed by atoms with E-state index in [-0.39, 0.29) is 12.6 Å². The summed E-state index contributed by atoms with van der Waals surface area (Å²) in [5.41, 5.74) is 0. The summed E-state index contributed by atoms with van der Waals surface area (Å²) in [6.45, 7) is 0. The average molecular weight is 230 g/mol. The first kappa shape index (κ1) is 12.6. The Balaban J connectivity index is 4.41. The lowest BCUT2D eigenvalue weighted by Gasteiger charge is -2.28. The smallest absolute Gasteiger partial charge is 0.174 e. The van der Waals surface area contributed by atoms with Gasteiger partial charge < -0.3 is 9.59 Å². The minimum absolute atomic E-state index is 0.158. The summed E-state index contributed by atoms with van der Waals surface area (Å²) in [5.74, 6) is -1.38. The topological polar surface area (TPSA) is 109 Å². The monoisotopic (exact) mass is 230 g/mol. The molecule has 0 aromatic heterocycles. The van der Waals surface area contributed by atoms with Crippen LogP contribution in [0.5, 0.6) is 0 Å². The molecule has 0 aromatic rings. The van der Waals surface area contributed by atoms with Gasteiger partial charge in [-0.2, -0.15) is 10.6 Å². The predicted octanol–water partition coefficient (Wildman–Crippen LogP) is -0.493. The largest absolute Gasteiger partial charge is 0.302 e.